The van der Waals surface area contributed by atoms with E-state index in [9.17, 15) is 22.8 Å². The lowest BCUT2D eigenvalue weighted by atomic mass is 9.92. The summed E-state index contributed by atoms with van der Waals surface area (Å²) in [6, 6.07) is 4.91. The summed E-state index contributed by atoms with van der Waals surface area (Å²) in [4.78, 5) is 28.3. The zero-order valence-electron chi connectivity index (χ0n) is 15.7. The van der Waals surface area contributed by atoms with Crippen LogP contribution in [0.2, 0.25) is 0 Å². The van der Waals surface area contributed by atoms with Crippen LogP contribution in [0.25, 0.3) is 0 Å². The molecule has 154 valence electrons. The highest BCUT2D eigenvalue weighted by Crippen LogP contribution is 2.33. The van der Waals surface area contributed by atoms with E-state index < -0.39 is 17.6 Å². The van der Waals surface area contributed by atoms with Crippen molar-refractivity contribution in [3.8, 4) is 0 Å². The quantitative estimate of drug-likeness (QED) is 0.783. The lowest BCUT2D eigenvalue weighted by Gasteiger charge is -2.34. The largest absolute Gasteiger partial charge is 0.417 e. The van der Waals surface area contributed by atoms with E-state index in [4.69, 9.17) is 4.74 Å². The van der Waals surface area contributed by atoms with Gasteiger partial charge in [-0.15, -0.1) is 0 Å². The molecule has 0 bridgehead atoms. The first-order chi connectivity index (χ1) is 13.4. The first-order valence-corrected chi connectivity index (χ1v) is 9.67. The monoisotopic (exact) mass is 398 g/mol. The molecule has 2 saturated heterocycles. The highest BCUT2D eigenvalue weighted by atomic mass is 19.4. The highest BCUT2D eigenvalue weighted by molar-refractivity contribution is 5.96. The molecule has 2 heterocycles. The number of hydrogen-bond acceptors (Lipinski definition) is 3. The average Bonchev–Trinajstić information content (AvgIpc) is 2.71. The van der Waals surface area contributed by atoms with E-state index in [1.165, 1.54) is 23.1 Å². The second-order valence-corrected chi connectivity index (χ2v) is 7.33. The zero-order chi connectivity index (χ0) is 20.1. The number of alkyl halides is 3. The lowest BCUT2D eigenvalue weighted by Crippen LogP contribution is -2.42. The molecule has 2 fully saturated rings. The van der Waals surface area contributed by atoms with E-state index in [0.29, 0.717) is 52.2 Å². The molecular weight excluding hydrogens is 373 g/mol. The number of amides is 2. The Labute approximate surface area is 162 Å². The van der Waals surface area contributed by atoms with Crippen molar-refractivity contribution >= 4 is 11.8 Å². The van der Waals surface area contributed by atoms with Crippen LogP contribution >= 0.6 is 0 Å². The van der Waals surface area contributed by atoms with Crippen LogP contribution in [0.5, 0.6) is 0 Å². The van der Waals surface area contributed by atoms with Crippen LogP contribution in [0.1, 0.15) is 41.6 Å². The second-order valence-electron chi connectivity index (χ2n) is 7.33. The fourth-order valence-electron chi connectivity index (χ4n) is 3.87. The van der Waals surface area contributed by atoms with E-state index in [0.717, 1.165) is 18.9 Å². The maximum absolute atomic E-state index is 13.2. The fourth-order valence-corrected chi connectivity index (χ4v) is 3.87. The SMILES string of the molecule is O=C(CCC1CCCN(C(=O)c2ccccc2C(F)(F)F)C1)N1CCOCC1. The Balaban J connectivity index is 1.59. The van der Waals surface area contributed by atoms with Crippen LogP contribution in [0.15, 0.2) is 24.3 Å². The summed E-state index contributed by atoms with van der Waals surface area (Å²) in [7, 11) is 0. The first kappa shape index (κ1) is 20.6. The van der Waals surface area contributed by atoms with Gasteiger partial charge in [0.15, 0.2) is 0 Å². The zero-order valence-corrected chi connectivity index (χ0v) is 15.7. The standard InChI is InChI=1S/C20H25F3N2O3/c21-20(22,23)17-6-2-1-5-16(17)19(27)25-9-3-4-15(14-25)7-8-18(26)24-10-12-28-13-11-24/h1-2,5-6,15H,3-4,7-14H2. The van der Waals surface area contributed by atoms with Crippen molar-refractivity contribution in [1.29, 1.82) is 0 Å². The molecule has 0 spiro atoms. The van der Waals surface area contributed by atoms with Gasteiger partial charge in [-0.05, 0) is 37.3 Å². The summed E-state index contributed by atoms with van der Waals surface area (Å²) < 4.78 is 44.9. The van der Waals surface area contributed by atoms with Gasteiger partial charge in [0.1, 0.15) is 0 Å². The van der Waals surface area contributed by atoms with Crippen LogP contribution in [0.3, 0.4) is 0 Å². The van der Waals surface area contributed by atoms with E-state index in [1.807, 2.05) is 0 Å². The van der Waals surface area contributed by atoms with Gasteiger partial charge in [-0.3, -0.25) is 9.59 Å². The van der Waals surface area contributed by atoms with E-state index >= 15 is 0 Å². The molecule has 28 heavy (non-hydrogen) atoms. The Morgan fingerprint density at radius 1 is 1.07 bits per heavy atom. The molecule has 1 atom stereocenters. The van der Waals surface area contributed by atoms with Gasteiger partial charge >= 0.3 is 6.18 Å². The third-order valence-electron chi connectivity index (χ3n) is 5.40. The molecular formula is C20H25F3N2O3. The molecule has 2 aliphatic heterocycles. The van der Waals surface area contributed by atoms with Gasteiger partial charge in [0.25, 0.3) is 5.91 Å². The van der Waals surface area contributed by atoms with E-state index in [1.54, 1.807) is 4.90 Å². The number of morpholine rings is 1. The normalized spacial score (nSPS) is 20.9. The van der Waals surface area contributed by atoms with E-state index in [-0.39, 0.29) is 17.4 Å². The number of halogens is 3. The molecule has 2 amide bonds. The van der Waals surface area contributed by atoms with Crippen molar-refractivity contribution in [2.75, 3.05) is 39.4 Å². The molecule has 0 radical (unpaired) electrons. The number of likely N-dealkylation sites (tertiary alicyclic amines) is 1. The topological polar surface area (TPSA) is 49.9 Å². The van der Waals surface area contributed by atoms with Crippen molar-refractivity contribution in [2.45, 2.75) is 31.9 Å². The van der Waals surface area contributed by atoms with Crippen molar-refractivity contribution < 1.29 is 27.5 Å². The number of benzene rings is 1. The van der Waals surface area contributed by atoms with Crippen molar-refractivity contribution in [2.24, 2.45) is 5.92 Å². The molecule has 2 aliphatic rings. The molecule has 0 N–H and O–H groups in total. The minimum absolute atomic E-state index is 0.0779. The summed E-state index contributed by atoms with van der Waals surface area (Å²) in [6.07, 6.45) is -1.92. The Morgan fingerprint density at radius 3 is 2.50 bits per heavy atom. The Bertz CT molecular complexity index is 702. The van der Waals surface area contributed by atoms with Crippen LogP contribution in [0, 0.1) is 5.92 Å². The first-order valence-electron chi connectivity index (χ1n) is 9.67. The summed E-state index contributed by atoms with van der Waals surface area (Å²) >= 11 is 0. The molecule has 5 nitrogen and oxygen atoms in total. The summed E-state index contributed by atoms with van der Waals surface area (Å²) in [5.74, 6) is -0.382. The number of rotatable bonds is 4. The van der Waals surface area contributed by atoms with Gasteiger partial charge in [-0.2, -0.15) is 13.2 Å². The second kappa shape index (κ2) is 8.94. The minimum atomic E-state index is -4.56. The van der Waals surface area contributed by atoms with Crippen LogP contribution in [0.4, 0.5) is 13.2 Å². The number of hydrogen-bond donors (Lipinski definition) is 0. The van der Waals surface area contributed by atoms with Crippen molar-refractivity contribution in [3.05, 3.63) is 35.4 Å². The maximum atomic E-state index is 13.2. The Hall–Kier alpha value is -2.09. The highest BCUT2D eigenvalue weighted by Gasteiger charge is 2.36. The molecule has 0 aromatic heterocycles. The van der Waals surface area contributed by atoms with Crippen LogP contribution < -0.4 is 0 Å². The lowest BCUT2D eigenvalue weighted by molar-refractivity contribution is -0.138. The predicted molar refractivity (Wildman–Crippen MR) is 96.7 cm³/mol. The molecule has 1 aromatic rings. The third kappa shape index (κ3) is 5.04. The average molecular weight is 398 g/mol. The molecule has 0 saturated carbocycles. The van der Waals surface area contributed by atoms with Crippen LogP contribution in [-0.2, 0) is 15.7 Å². The van der Waals surface area contributed by atoms with Gasteiger partial charge in [-0.25, -0.2) is 0 Å². The number of carbonyl (C=O) groups is 2. The van der Waals surface area contributed by atoms with Crippen LogP contribution in [-0.4, -0.2) is 61.0 Å². The van der Waals surface area contributed by atoms with Gasteiger partial charge in [0.2, 0.25) is 5.91 Å². The number of piperidine rings is 1. The number of ether oxygens (including phenoxy) is 1. The van der Waals surface area contributed by atoms with Gasteiger partial charge in [-0.1, -0.05) is 12.1 Å². The van der Waals surface area contributed by atoms with E-state index in [2.05, 4.69) is 0 Å². The molecule has 1 unspecified atom stereocenters. The minimum Gasteiger partial charge on any atom is -0.378 e. The molecule has 1 aromatic carbocycles. The summed E-state index contributed by atoms with van der Waals surface area (Å²) in [5.41, 5.74) is -1.20. The maximum Gasteiger partial charge on any atom is 0.417 e. The smallest absolute Gasteiger partial charge is 0.378 e. The summed E-state index contributed by atoms with van der Waals surface area (Å²) in [5, 5.41) is 0. The number of carbonyl (C=O) groups excluding carboxylic acids is 2. The molecule has 3 rings (SSSR count). The van der Waals surface area contributed by atoms with Crippen molar-refractivity contribution in [1.82, 2.24) is 9.80 Å². The fraction of sp³-hybridized carbons (Fsp3) is 0.600. The third-order valence-corrected chi connectivity index (χ3v) is 5.40. The van der Waals surface area contributed by atoms with Gasteiger partial charge in [0, 0.05) is 32.6 Å². The Kier molecular flexibility index (Phi) is 6.59. The molecule has 8 heteroatoms. The van der Waals surface area contributed by atoms with Gasteiger partial charge < -0.3 is 14.5 Å². The predicted octanol–water partition coefficient (Wildman–Crippen LogP) is 3.20. The Morgan fingerprint density at radius 2 is 1.79 bits per heavy atom. The summed E-state index contributed by atoms with van der Waals surface area (Å²) in [6.45, 7) is 3.14. The van der Waals surface area contributed by atoms with Crippen molar-refractivity contribution in [3.63, 3.8) is 0 Å². The van der Waals surface area contributed by atoms with Gasteiger partial charge in [0.05, 0.1) is 24.3 Å². The molecule has 0 aliphatic carbocycles. The number of nitrogens with zero attached hydrogens (tertiary/aromatic N) is 2.